The molecule has 0 atom stereocenters. The Balaban J connectivity index is 1.82. The molecule has 1 saturated heterocycles. The Morgan fingerprint density at radius 2 is 1.83 bits per heavy atom. The molecule has 3 rings (SSSR count). The number of hydrogen-bond donors (Lipinski definition) is 1. The smallest absolute Gasteiger partial charge is 0.0484 e. The number of hydrogen-bond acceptors (Lipinski definition) is 2. The van der Waals surface area contributed by atoms with Crippen LogP contribution in [0.4, 0.5) is 0 Å². The van der Waals surface area contributed by atoms with Gasteiger partial charge in [0.05, 0.1) is 0 Å². The number of nitrogens with zero attached hydrogens (tertiary/aromatic N) is 2. The van der Waals surface area contributed by atoms with Gasteiger partial charge in [-0.25, -0.2) is 0 Å². The monoisotopic (exact) mass is 243 g/mol. The third-order valence-electron chi connectivity index (χ3n) is 3.95. The molecule has 96 valence electrons. The summed E-state index contributed by atoms with van der Waals surface area (Å²) in [5, 5.41) is 1.31. The summed E-state index contributed by atoms with van der Waals surface area (Å²) in [5.74, 6) is 0. The Bertz CT molecular complexity index is 524. The van der Waals surface area contributed by atoms with Crippen molar-refractivity contribution in [3.05, 3.63) is 36.0 Å². The first kappa shape index (κ1) is 11.8. The first-order valence-electron chi connectivity index (χ1n) is 6.87. The normalized spacial score (nSPS) is 16.7. The van der Waals surface area contributed by atoms with Crippen molar-refractivity contribution >= 4 is 10.9 Å². The second-order valence-electron chi connectivity index (χ2n) is 5.12. The first-order chi connectivity index (χ1) is 8.88. The molecule has 3 heteroatoms. The topological polar surface area (TPSA) is 34.2 Å². The maximum absolute atomic E-state index is 5.82. The fourth-order valence-corrected chi connectivity index (χ4v) is 2.93. The minimum atomic E-state index is 0.622. The van der Waals surface area contributed by atoms with Crippen molar-refractivity contribution in [2.45, 2.75) is 25.9 Å². The van der Waals surface area contributed by atoms with Gasteiger partial charge < -0.3 is 15.2 Å². The standard InChI is InChI=1S/C15H21N3/c16-11-13-12-18(10-9-17-7-3-4-8-17)15-6-2-1-5-14(13)15/h1-2,5-6,12H,3-4,7-11,16H2. The fraction of sp³-hybridized carbons (Fsp3) is 0.467. The number of rotatable bonds is 4. The zero-order valence-electron chi connectivity index (χ0n) is 10.8. The van der Waals surface area contributed by atoms with Gasteiger partial charge in [-0.05, 0) is 37.6 Å². The molecular weight excluding hydrogens is 222 g/mol. The van der Waals surface area contributed by atoms with Crippen LogP contribution in [0.5, 0.6) is 0 Å². The molecule has 1 aliphatic rings. The van der Waals surface area contributed by atoms with Crippen molar-refractivity contribution in [1.29, 1.82) is 0 Å². The van der Waals surface area contributed by atoms with Crippen molar-refractivity contribution in [2.75, 3.05) is 19.6 Å². The van der Waals surface area contributed by atoms with Crippen molar-refractivity contribution in [2.24, 2.45) is 5.73 Å². The quantitative estimate of drug-likeness (QED) is 0.893. The van der Waals surface area contributed by atoms with Crippen molar-refractivity contribution in [3.8, 4) is 0 Å². The summed E-state index contributed by atoms with van der Waals surface area (Å²) < 4.78 is 2.36. The number of nitrogens with two attached hydrogens (primary N) is 1. The summed E-state index contributed by atoms with van der Waals surface area (Å²) in [6, 6.07) is 8.56. The highest BCUT2D eigenvalue weighted by molar-refractivity contribution is 5.83. The van der Waals surface area contributed by atoms with E-state index in [-0.39, 0.29) is 0 Å². The molecule has 0 amide bonds. The number of fused-ring (bicyclic) bond motifs is 1. The summed E-state index contributed by atoms with van der Waals surface area (Å²) in [6.07, 6.45) is 4.95. The molecule has 0 bridgehead atoms. The summed E-state index contributed by atoms with van der Waals surface area (Å²) in [4.78, 5) is 2.55. The Morgan fingerprint density at radius 3 is 2.61 bits per heavy atom. The molecule has 1 aromatic carbocycles. The van der Waals surface area contributed by atoms with Crippen molar-refractivity contribution in [1.82, 2.24) is 9.47 Å². The molecule has 0 radical (unpaired) electrons. The average molecular weight is 243 g/mol. The van der Waals surface area contributed by atoms with Crippen LogP contribution in [0.1, 0.15) is 18.4 Å². The Labute approximate surface area is 108 Å². The van der Waals surface area contributed by atoms with E-state index in [4.69, 9.17) is 5.73 Å². The highest BCUT2D eigenvalue weighted by atomic mass is 15.2. The predicted molar refractivity (Wildman–Crippen MR) is 75.5 cm³/mol. The molecule has 1 fully saturated rings. The van der Waals surface area contributed by atoms with Crippen LogP contribution in [0.3, 0.4) is 0 Å². The third kappa shape index (κ3) is 2.16. The minimum absolute atomic E-state index is 0.622. The van der Waals surface area contributed by atoms with E-state index in [1.165, 1.54) is 42.4 Å². The molecule has 3 nitrogen and oxygen atoms in total. The highest BCUT2D eigenvalue weighted by Crippen LogP contribution is 2.21. The Morgan fingerprint density at radius 1 is 1.06 bits per heavy atom. The Hall–Kier alpha value is -1.32. The Kier molecular flexibility index (Phi) is 3.35. The van der Waals surface area contributed by atoms with Gasteiger partial charge in [-0.3, -0.25) is 0 Å². The zero-order valence-corrected chi connectivity index (χ0v) is 10.8. The van der Waals surface area contributed by atoms with E-state index in [2.05, 4.69) is 39.9 Å². The van der Waals surface area contributed by atoms with E-state index in [1.807, 2.05) is 0 Å². The molecule has 2 aromatic rings. The van der Waals surface area contributed by atoms with Crippen LogP contribution in [0.2, 0.25) is 0 Å². The molecule has 2 heterocycles. The van der Waals surface area contributed by atoms with E-state index in [1.54, 1.807) is 0 Å². The van der Waals surface area contributed by atoms with E-state index in [0.29, 0.717) is 6.54 Å². The molecule has 0 saturated carbocycles. The fourth-order valence-electron chi connectivity index (χ4n) is 2.93. The first-order valence-corrected chi connectivity index (χ1v) is 6.87. The van der Waals surface area contributed by atoms with Crippen LogP contribution in [-0.2, 0) is 13.1 Å². The highest BCUT2D eigenvalue weighted by Gasteiger charge is 2.12. The van der Waals surface area contributed by atoms with Gasteiger partial charge in [0.25, 0.3) is 0 Å². The van der Waals surface area contributed by atoms with Gasteiger partial charge in [-0.15, -0.1) is 0 Å². The summed E-state index contributed by atoms with van der Waals surface area (Å²) in [6.45, 7) is 5.38. The van der Waals surface area contributed by atoms with Gasteiger partial charge in [0, 0.05) is 36.7 Å². The second kappa shape index (κ2) is 5.12. The van der Waals surface area contributed by atoms with E-state index in [9.17, 15) is 0 Å². The summed E-state index contributed by atoms with van der Waals surface area (Å²) in [5.41, 5.74) is 8.40. The zero-order chi connectivity index (χ0) is 12.4. The molecule has 0 spiro atoms. The lowest BCUT2D eigenvalue weighted by Crippen LogP contribution is -2.23. The van der Waals surface area contributed by atoms with Crippen LogP contribution in [0, 0.1) is 0 Å². The average Bonchev–Trinajstić information content (AvgIpc) is 3.04. The second-order valence-corrected chi connectivity index (χ2v) is 5.12. The van der Waals surface area contributed by atoms with E-state index < -0.39 is 0 Å². The number of para-hydroxylation sites is 1. The molecule has 1 aliphatic heterocycles. The largest absolute Gasteiger partial charge is 0.346 e. The number of likely N-dealkylation sites (tertiary alicyclic amines) is 1. The van der Waals surface area contributed by atoms with Gasteiger partial charge in [0.2, 0.25) is 0 Å². The van der Waals surface area contributed by atoms with E-state index in [0.717, 1.165) is 13.1 Å². The van der Waals surface area contributed by atoms with Crippen LogP contribution in [0.15, 0.2) is 30.5 Å². The number of aromatic nitrogens is 1. The van der Waals surface area contributed by atoms with Crippen LogP contribution in [-0.4, -0.2) is 29.1 Å². The van der Waals surface area contributed by atoms with Gasteiger partial charge >= 0.3 is 0 Å². The van der Waals surface area contributed by atoms with Crippen LogP contribution < -0.4 is 5.73 Å². The SMILES string of the molecule is NCc1cn(CCN2CCCC2)c2ccccc12. The summed E-state index contributed by atoms with van der Waals surface area (Å²) in [7, 11) is 0. The van der Waals surface area contributed by atoms with Gasteiger partial charge in [0.1, 0.15) is 0 Å². The summed E-state index contributed by atoms with van der Waals surface area (Å²) >= 11 is 0. The predicted octanol–water partition coefficient (Wildman–Crippen LogP) is 2.20. The molecule has 18 heavy (non-hydrogen) atoms. The molecule has 0 unspecified atom stereocenters. The maximum Gasteiger partial charge on any atom is 0.0484 e. The van der Waals surface area contributed by atoms with Crippen molar-refractivity contribution in [3.63, 3.8) is 0 Å². The lowest BCUT2D eigenvalue weighted by Gasteiger charge is -2.15. The third-order valence-corrected chi connectivity index (χ3v) is 3.95. The van der Waals surface area contributed by atoms with Gasteiger partial charge in [0.15, 0.2) is 0 Å². The molecule has 0 aliphatic carbocycles. The van der Waals surface area contributed by atoms with Gasteiger partial charge in [-0.1, -0.05) is 18.2 Å². The minimum Gasteiger partial charge on any atom is -0.346 e. The lowest BCUT2D eigenvalue weighted by molar-refractivity contribution is 0.324. The van der Waals surface area contributed by atoms with E-state index >= 15 is 0 Å². The van der Waals surface area contributed by atoms with Crippen molar-refractivity contribution < 1.29 is 0 Å². The van der Waals surface area contributed by atoms with Gasteiger partial charge in [-0.2, -0.15) is 0 Å². The lowest BCUT2D eigenvalue weighted by atomic mass is 10.2. The van der Waals surface area contributed by atoms with Crippen LogP contribution in [0.25, 0.3) is 10.9 Å². The molecule has 1 aromatic heterocycles. The van der Waals surface area contributed by atoms with Crippen LogP contribution >= 0.6 is 0 Å². The number of benzene rings is 1. The molecular formula is C15H21N3. The maximum atomic E-state index is 5.82. The molecule has 2 N–H and O–H groups in total.